The van der Waals surface area contributed by atoms with E-state index in [0.29, 0.717) is 45.6 Å². The number of anilines is 2. The number of amides is 1. The highest BCUT2D eigenvalue weighted by atomic mass is 35.5. The monoisotopic (exact) mass is 578 g/mol. The Morgan fingerprint density at radius 1 is 0.875 bits per heavy atom. The fourth-order valence-electron chi connectivity index (χ4n) is 3.84. The minimum Gasteiger partial charge on any atom is -0.494 e. The summed E-state index contributed by atoms with van der Waals surface area (Å²) in [5.74, 6) is 0.192. The first-order valence-electron chi connectivity index (χ1n) is 12.3. The molecule has 8 nitrogen and oxygen atoms in total. The maximum atomic E-state index is 13.0. The number of ether oxygens (including phenoxy) is 2. The molecule has 10 heteroatoms. The van der Waals surface area contributed by atoms with Gasteiger partial charge in [-0.15, -0.1) is 0 Å². The van der Waals surface area contributed by atoms with E-state index in [1.165, 1.54) is 24.3 Å². The predicted molar refractivity (Wildman–Crippen MR) is 155 cm³/mol. The van der Waals surface area contributed by atoms with Gasteiger partial charge in [-0.1, -0.05) is 41.9 Å². The van der Waals surface area contributed by atoms with Crippen molar-refractivity contribution in [2.45, 2.75) is 18.7 Å². The average molecular weight is 579 g/mol. The lowest BCUT2D eigenvalue weighted by Gasteiger charge is -2.14. The Labute approximate surface area is 238 Å². The second-order valence-corrected chi connectivity index (χ2v) is 10.8. The van der Waals surface area contributed by atoms with E-state index in [1.54, 1.807) is 73.7 Å². The van der Waals surface area contributed by atoms with Crippen LogP contribution in [-0.2, 0) is 14.8 Å². The molecule has 0 fully saturated rings. The number of hydrogen-bond donors (Lipinski definition) is 2. The van der Waals surface area contributed by atoms with Crippen molar-refractivity contribution in [1.29, 1.82) is 0 Å². The molecule has 0 aromatic heterocycles. The molecule has 0 aliphatic heterocycles. The molecular weight excluding hydrogens is 552 g/mol. The first-order valence-corrected chi connectivity index (χ1v) is 14.2. The maximum Gasteiger partial charge on any atom is 0.262 e. The number of carbonyl (C=O) groups is 2. The molecular formula is C30H27ClN2O6S. The minimum atomic E-state index is -3.86. The highest BCUT2D eigenvalue weighted by Crippen LogP contribution is 2.26. The summed E-state index contributed by atoms with van der Waals surface area (Å²) < 4.78 is 39.3. The lowest BCUT2D eigenvalue weighted by Crippen LogP contribution is -2.22. The first kappa shape index (κ1) is 28.7. The van der Waals surface area contributed by atoms with Crippen molar-refractivity contribution in [1.82, 2.24) is 0 Å². The van der Waals surface area contributed by atoms with Crippen LogP contribution in [0.4, 0.5) is 11.4 Å². The zero-order chi connectivity index (χ0) is 28.7. The molecule has 40 heavy (non-hydrogen) atoms. The molecule has 4 aromatic carbocycles. The fourth-order valence-corrected chi connectivity index (χ4v) is 5.15. The zero-order valence-electron chi connectivity index (χ0n) is 21.8. The fraction of sp³-hybridized carbons (Fsp3) is 0.133. The summed E-state index contributed by atoms with van der Waals surface area (Å²) in [4.78, 5) is 25.7. The smallest absolute Gasteiger partial charge is 0.262 e. The highest BCUT2D eigenvalue weighted by Gasteiger charge is 2.18. The van der Waals surface area contributed by atoms with E-state index in [2.05, 4.69) is 10.0 Å². The van der Waals surface area contributed by atoms with Crippen molar-refractivity contribution in [3.63, 3.8) is 0 Å². The molecule has 0 unspecified atom stereocenters. The number of benzene rings is 4. The van der Waals surface area contributed by atoms with E-state index in [-0.39, 0.29) is 22.8 Å². The van der Waals surface area contributed by atoms with E-state index >= 15 is 0 Å². The predicted octanol–water partition coefficient (Wildman–Crippen LogP) is 6.10. The molecule has 4 rings (SSSR count). The number of sulfonamides is 1. The Morgan fingerprint density at radius 3 is 2.27 bits per heavy atom. The molecule has 0 aliphatic rings. The molecule has 0 saturated heterocycles. The molecule has 2 N–H and O–H groups in total. The molecule has 1 amide bonds. The van der Waals surface area contributed by atoms with Crippen LogP contribution in [0.3, 0.4) is 0 Å². The zero-order valence-corrected chi connectivity index (χ0v) is 23.4. The number of nitrogens with one attached hydrogen (secondary N) is 2. The third-order valence-electron chi connectivity index (χ3n) is 5.77. The van der Waals surface area contributed by atoms with Crippen molar-refractivity contribution in [3.8, 4) is 11.5 Å². The van der Waals surface area contributed by atoms with E-state index in [4.69, 9.17) is 21.1 Å². The number of hydrogen-bond acceptors (Lipinski definition) is 6. The topological polar surface area (TPSA) is 111 Å². The Bertz CT molecular complexity index is 1620. The van der Waals surface area contributed by atoms with Crippen molar-refractivity contribution in [3.05, 3.63) is 113 Å². The van der Waals surface area contributed by atoms with Gasteiger partial charge in [-0.3, -0.25) is 14.3 Å². The van der Waals surface area contributed by atoms with Crippen LogP contribution in [0.1, 0.15) is 28.4 Å². The van der Waals surface area contributed by atoms with Crippen LogP contribution in [0.15, 0.2) is 95.9 Å². The number of ketones is 1. The Morgan fingerprint density at radius 2 is 1.60 bits per heavy atom. The van der Waals surface area contributed by atoms with Gasteiger partial charge in [0.2, 0.25) is 0 Å². The number of aryl methyl sites for hydroxylation is 1. The van der Waals surface area contributed by atoms with Crippen molar-refractivity contribution >= 4 is 44.7 Å². The summed E-state index contributed by atoms with van der Waals surface area (Å²) in [5, 5.41) is 3.05. The van der Waals surface area contributed by atoms with Crippen LogP contribution in [-0.4, -0.2) is 33.3 Å². The van der Waals surface area contributed by atoms with Gasteiger partial charge in [-0.2, -0.15) is 0 Å². The third-order valence-corrected chi connectivity index (χ3v) is 7.38. The summed E-state index contributed by atoms with van der Waals surface area (Å²) in [6.07, 6.45) is 0. The highest BCUT2D eigenvalue weighted by molar-refractivity contribution is 7.92. The van der Waals surface area contributed by atoms with Gasteiger partial charge in [-0.05, 0) is 80.1 Å². The standard InChI is InChI=1S/C30H27ClN2O6S/c1-3-38-24-12-10-23(11-13-24)33-40(36,37)25-14-16-28(20(2)17-25)39-19-29(34)32-27-15-9-22(31)18-26(27)30(35)21-7-5-4-6-8-21/h4-18,33H,3,19H2,1-2H3,(H,32,34). The number of carbonyl (C=O) groups excluding carboxylic acids is 2. The van der Waals surface area contributed by atoms with Gasteiger partial charge < -0.3 is 14.8 Å². The van der Waals surface area contributed by atoms with Crippen molar-refractivity contribution in [2.75, 3.05) is 23.3 Å². The minimum absolute atomic E-state index is 0.0425. The van der Waals surface area contributed by atoms with Crippen molar-refractivity contribution < 1.29 is 27.5 Å². The molecule has 0 saturated carbocycles. The molecule has 0 spiro atoms. The Kier molecular flexibility index (Phi) is 9.08. The quantitative estimate of drug-likeness (QED) is 0.208. The van der Waals surface area contributed by atoms with E-state index in [1.807, 2.05) is 6.92 Å². The summed E-state index contributed by atoms with van der Waals surface area (Å²) in [6.45, 7) is 3.69. The van der Waals surface area contributed by atoms with Crippen LogP contribution in [0, 0.1) is 6.92 Å². The lowest BCUT2D eigenvalue weighted by molar-refractivity contribution is -0.118. The van der Waals surface area contributed by atoms with Crippen LogP contribution in [0.2, 0.25) is 5.02 Å². The van der Waals surface area contributed by atoms with Gasteiger partial charge >= 0.3 is 0 Å². The summed E-state index contributed by atoms with van der Waals surface area (Å²) in [5.41, 5.74) is 1.92. The van der Waals surface area contributed by atoms with Gasteiger partial charge in [0, 0.05) is 21.8 Å². The van der Waals surface area contributed by atoms with Gasteiger partial charge in [0.15, 0.2) is 12.4 Å². The van der Waals surface area contributed by atoms with Gasteiger partial charge in [0.05, 0.1) is 17.2 Å². The normalized spacial score (nSPS) is 11.0. The first-order chi connectivity index (χ1) is 19.2. The molecule has 0 bridgehead atoms. The van der Waals surface area contributed by atoms with E-state index in [9.17, 15) is 18.0 Å². The third kappa shape index (κ3) is 7.19. The Balaban J connectivity index is 1.41. The number of halogens is 1. The summed E-state index contributed by atoms with van der Waals surface area (Å²) in [6, 6.07) is 24.2. The van der Waals surface area contributed by atoms with Gasteiger partial charge in [0.1, 0.15) is 11.5 Å². The SMILES string of the molecule is CCOc1ccc(NS(=O)(=O)c2ccc(OCC(=O)Nc3ccc(Cl)cc3C(=O)c3ccccc3)c(C)c2)cc1. The lowest BCUT2D eigenvalue weighted by atomic mass is 10.0. The van der Waals surface area contributed by atoms with Crippen LogP contribution < -0.4 is 19.5 Å². The van der Waals surface area contributed by atoms with E-state index in [0.717, 1.165) is 0 Å². The van der Waals surface area contributed by atoms with Crippen LogP contribution >= 0.6 is 11.6 Å². The maximum absolute atomic E-state index is 13.0. The second-order valence-electron chi connectivity index (χ2n) is 8.71. The summed E-state index contributed by atoms with van der Waals surface area (Å²) in [7, 11) is -3.86. The molecule has 0 atom stereocenters. The largest absolute Gasteiger partial charge is 0.494 e. The molecule has 0 radical (unpaired) electrons. The van der Waals surface area contributed by atoms with Crippen LogP contribution in [0.5, 0.6) is 11.5 Å². The van der Waals surface area contributed by atoms with Gasteiger partial charge in [0.25, 0.3) is 15.9 Å². The summed E-state index contributed by atoms with van der Waals surface area (Å²) >= 11 is 6.11. The molecule has 4 aromatic rings. The number of rotatable bonds is 11. The van der Waals surface area contributed by atoms with Crippen LogP contribution in [0.25, 0.3) is 0 Å². The van der Waals surface area contributed by atoms with E-state index < -0.39 is 15.9 Å². The average Bonchev–Trinajstić information content (AvgIpc) is 2.94. The Hall–Kier alpha value is -4.34. The van der Waals surface area contributed by atoms with Crippen molar-refractivity contribution in [2.24, 2.45) is 0 Å². The molecule has 206 valence electrons. The van der Waals surface area contributed by atoms with Gasteiger partial charge in [-0.25, -0.2) is 8.42 Å². The molecule has 0 aliphatic carbocycles. The second kappa shape index (κ2) is 12.7. The molecule has 0 heterocycles.